The fraction of sp³-hybridized carbons (Fsp3) is 0.0345. The Bertz CT molecular complexity index is 1470. The molecule has 0 amide bonds. The highest BCUT2D eigenvalue weighted by molar-refractivity contribution is 7.99. The van der Waals surface area contributed by atoms with Crippen molar-refractivity contribution in [2.24, 2.45) is 7.05 Å². The van der Waals surface area contributed by atoms with Crippen LogP contribution in [0.1, 0.15) is 11.3 Å². The normalized spacial score (nSPS) is 12.3. The van der Waals surface area contributed by atoms with Crippen molar-refractivity contribution in [3.05, 3.63) is 115 Å². The maximum absolute atomic E-state index is 4.87. The SMILES string of the molecule is C[n+]1ccc(C=Cc2ccc3cc(N4c5ccccc5Sc5ccccc54)ccc3n2)cc1.[I-]. The predicted molar refractivity (Wildman–Crippen MR) is 137 cm³/mol. The molecule has 2 aromatic heterocycles. The van der Waals surface area contributed by atoms with Gasteiger partial charge in [-0.05, 0) is 60.2 Å². The number of anilines is 3. The lowest BCUT2D eigenvalue weighted by atomic mass is 10.1. The van der Waals surface area contributed by atoms with E-state index in [1.54, 1.807) is 0 Å². The maximum Gasteiger partial charge on any atom is 0.169 e. The van der Waals surface area contributed by atoms with Crippen LogP contribution in [0.5, 0.6) is 0 Å². The van der Waals surface area contributed by atoms with E-state index in [9.17, 15) is 0 Å². The second-order valence-corrected chi connectivity index (χ2v) is 9.20. The number of pyridine rings is 2. The van der Waals surface area contributed by atoms with E-state index >= 15 is 0 Å². The number of fused-ring (bicyclic) bond motifs is 3. The summed E-state index contributed by atoms with van der Waals surface area (Å²) in [7, 11) is 2.02. The van der Waals surface area contributed by atoms with E-state index in [-0.39, 0.29) is 24.0 Å². The van der Waals surface area contributed by atoms with E-state index in [0.717, 1.165) is 27.8 Å². The van der Waals surface area contributed by atoms with Crippen molar-refractivity contribution in [2.45, 2.75) is 9.79 Å². The zero-order valence-electron chi connectivity index (χ0n) is 18.6. The summed E-state index contributed by atoms with van der Waals surface area (Å²) in [4.78, 5) is 9.76. The molecule has 1 aliphatic heterocycles. The molecule has 6 rings (SSSR count). The van der Waals surface area contributed by atoms with E-state index in [0.29, 0.717) is 0 Å². The van der Waals surface area contributed by atoms with E-state index in [1.807, 2.05) is 35.8 Å². The van der Waals surface area contributed by atoms with Gasteiger partial charge in [-0.15, -0.1) is 0 Å². The molecule has 0 bridgehead atoms. The Morgan fingerprint density at radius 3 is 2.15 bits per heavy atom. The smallest absolute Gasteiger partial charge is 0.169 e. The third-order valence-corrected chi connectivity index (χ3v) is 6.97. The minimum absolute atomic E-state index is 0. The van der Waals surface area contributed by atoms with Gasteiger partial charge >= 0.3 is 0 Å². The van der Waals surface area contributed by atoms with Crippen LogP contribution in [-0.4, -0.2) is 4.98 Å². The van der Waals surface area contributed by atoms with Crippen molar-refractivity contribution in [1.82, 2.24) is 4.98 Å². The highest BCUT2D eigenvalue weighted by Crippen LogP contribution is 2.51. The maximum atomic E-state index is 4.87. The van der Waals surface area contributed by atoms with Gasteiger partial charge in [0.2, 0.25) is 0 Å². The number of benzene rings is 3. The Hall–Kier alpha value is -3.16. The topological polar surface area (TPSA) is 20.0 Å². The van der Waals surface area contributed by atoms with E-state index in [2.05, 4.69) is 108 Å². The molecule has 0 radical (unpaired) electrons. The van der Waals surface area contributed by atoms with E-state index < -0.39 is 0 Å². The molecular formula is C29H22IN3S. The summed E-state index contributed by atoms with van der Waals surface area (Å²) in [5.74, 6) is 0. The molecule has 5 aromatic rings. The molecule has 0 aliphatic carbocycles. The molecule has 166 valence electrons. The third-order valence-electron chi connectivity index (χ3n) is 5.84. The van der Waals surface area contributed by atoms with Crippen molar-refractivity contribution >= 4 is 51.9 Å². The molecule has 0 saturated heterocycles. The van der Waals surface area contributed by atoms with Gasteiger partial charge < -0.3 is 28.9 Å². The molecule has 0 atom stereocenters. The fourth-order valence-electron chi connectivity index (χ4n) is 4.15. The molecular weight excluding hydrogens is 549 g/mol. The van der Waals surface area contributed by atoms with Crippen LogP contribution >= 0.6 is 11.8 Å². The molecule has 3 heterocycles. The Kier molecular flexibility index (Phi) is 6.39. The summed E-state index contributed by atoms with van der Waals surface area (Å²) < 4.78 is 2.03. The largest absolute Gasteiger partial charge is 1.00 e. The van der Waals surface area contributed by atoms with Gasteiger partial charge in [-0.1, -0.05) is 48.2 Å². The van der Waals surface area contributed by atoms with Crippen molar-refractivity contribution in [1.29, 1.82) is 0 Å². The molecule has 1 aliphatic rings. The first-order valence-corrected chi connectivity index (χ1v) is 11.8. The molecule has 0 unspecified atom stereocenters. The summed E-state index contributed by atoms with van der Waals surface area (Å²) in [6.07, 6.45) is 8.26. The van der Waals surface area contributed by atoms with Crippen molar-refractivity contribution in [3.63, 3.8) is 0 Å². The van der Waals surface area contributed by atoms with Gasteiger partial charge in [0.1, 0.15) is 7.05 Å². The van der Waals surface area contributed by atoms with Crippen LogP contribution < -0.4 is 33.4 Å². The van der Waals surface area contributed by atoms with Crippen molar-refractivity contribution in [3.8, 4) is 0 Å². The van der Waals surface area contributed by atoms with Gasteiger partial charge in [0, 0.05) is 33.0 Å². The molecule has 0 spiro atoms. The molecule has 3 nitrogen and oxygen atoms in total. The van der Waals surface area contributed by atoms with Gasteiger partial charge in [0.05, 0.1) is 22.6 Å². The highest BCUT2D eigenvalue weighted by atomic mass is 127. The first kappa shape index (κ1) is 22.6. The minimum atomic E-state index is 0. The first-order chi connectivity index (χ1) is 16.2. The van der Waals surface area contributed by atoms with Crippen LogP contribution in [0.15, 0.2) is 113 Å². The number of aromatic nitrogens is 2. The van der Waals surface area contributed by atoms with Gasteiger partial charge in [-0.2, -0.15) is 0 Å². The number of aryl methyl sites for hydroxylation is 1. The van der Waals surface area contributed by atoms with Crippen LogP contribution in [0.25, 0.3) is 23.1 Å². The minimum Gasteiger partial charge on any atom is -1.00 e. The van der Waals surface area contributed by atoms with E-state index in [4.69, 9.17) is 4.98 Å². The lowest BCUT2D eigenvalue weighted by molar-refractivity contribution is -0.671. The van der Waals surface area contributed by atoms with E-state index in [1.165, 1.54) is 21.2 Å². The molecule has 34 heavy (non-hydrogen) atoms. The molecule has 0 N–H and O–H groups in total. The van der Waals surface area contributed by atoms with Crippen LogP contribution in [0.4, 0.5) is 17.1 Å². The molecule has 0 saturated carbocycles. The number of hydrogen-bond donors (Lipinski definition) is 0. The number of rotatable bonds is 3. The average molecular weight is 571 g/mol. The lowest BCUT2D eigenvalue weighted by Gasteiger charge is -2.32. The average Bonchev–Trinajstić information content (AvgIpc) is 2.86. The Morgan fingerprint density at radius 2 is 1.44 bits per heavy atom. The third kappa shape index (κ3) is 4.33. The monoisotopic (exact) mass is 571 g/mol. The summed E-state index contributed by atoms with van der Waals surface area (Å²) >= 11 is 1.83. The Balaban J connectivity index is 0.00000241. The number of para-hydroxylation sites is 2. The fourth-order valence-corrected chi connectivity index (χ4v) is 5.21. The summed E-state index contributed by atoms with van der Waals surface area (Å²) in [5.41, 5.74) is 6.67. The van der Waals surface area contributed by atoms with Gasteiger partial charge in [0.15, 0.2) is 12.4 Å². The van der Waals surface area contributed by atoms with Gasteiger partial charge in [-0.25, -0.2) is 9.55 Å². The summed E-state index contributed by atoms with van der Waals surface area (Å²) in [5, 5.41) is 1.13. The summed E-state index contributed by atoms with van der Waals surface area (Å²) in [6, 6.07) is 32.1. The Morgan fingerprint density at radius 1 is 0.765 bits per heavy atom. The number of hydrogen-bond acceptors (Lipinski definition) is 3. The van der Waals surface area contributed by atoms with Crippen molar-refractivity contribution < 1.29 is 28.5 Å². The quantitative estimate of drug-likeness (QED) is 0.235. The van der Waals surface area contributed by atoms with Crippen LogP contribution in [0.3, 0.4) is 0 Å². The lowest BCUT2D eigenvalue weighted by Crippen LogP contribution is -3.00. The summed E-state index contributed by atoms with van der Waals surface area (Å²) in [6.45, 7) is 0. The molecule has 3 aromatic carbocycles. The number of nitrogens with zero attached hydrogens (tertiary/aromatic N) is 3. The van der Waals surface area contributed by atoms with Crippen LogP contribution in [0, 0.1) is 0 Å². The van der Waals surface area contributed by atoms with Gasteiger partial charge in [-0.3, -0.25) is 0 Å². The highest BCUT2D eigenvalue weighted by Gasteiger charge is 2.24. The zero-order valence-corrected chi connectivity index (χ0v) is 21.6. The zero-order chi connectivity index (χ0) is 22.2. The van der Waals surface area contributed by atoms with Crippen LogP contribution in [0.2, 0.25) is 0 Å². The second-order valence-electron chi connectivity index (χ2n) is 8.12. The van der Waals surface area contributed by atoms with Crippen LogP contribution in [-0.2, 0) is 7.05 Å². The Labute approximate surface area is 220 Å². The first-order valence-electron chi connectivity index (χ1n) is 10.9. The predicted octanol–water partition coefficient (Wildman–Crippen LogP) is 4.17. The molecule has 0 fully saturated rings. The van der Waals surface area contributed by atoms with Crippen molar-refractivity contribution in [2.75, 3.05) is 4.90 Å². The standard InChI is InChI=1S/C29H22N3S.HI/c1-31-18-16-21(17-19-31)10-12-23-13-11-22-20-24(14-15-25(22)30-23)32-26-6-2-4-8-28(26)33-29-9-5-3-7-27(29)32;/h2-20H,1H3;1H/q+1;/p-1. The number of halogens is 1. The van der Waals surface area contributed by atoms with Gasteiger partial charge in [0.25, 0.3) is 0 Å². The molecule has 5 heteroatoms. The second kappa shape index (κ2) is 9.60.